The average Bonchev–Trinajstić information content (AvgIpc) is 3.00. The van der Waals surface area contributed by atoms with Crippen LogP contribution in [0.15, 0.2) is 21.6 Å². The van der Waals surface area contributed by atoms with Crippen molar-refractivity contribution in [2.24, 2.45) is 0 Å². The molecule has 0 aromatic carbocycles. The normalized spacial score (nSPS) is 16.3. The third kappa shape index (κ3) is 3.53. The molecule has 0 atom stereocenters. The molecule has 96 valence electrons. The van der Waals surface area contributed by atoms with E-state index in [1.54, 1.807) is 6.07 Å². The molecule has 3 N–H and O–H groups in total. The second-order valence-electron chi connectivity index (χ2n) is 4.00. The predicted molar refractivity (Wildman–Crippen MR) is 60.8 cm³/mol. The molecule has 1 aliphatic rings. The first-order chi connectivity index (χ1) is 8.12. The maximum atomic E-state index is 11.6. The van der Waals surface area contributed by atoms with Crippen molar-refractivity contribution in [3.8, 4) is 0 Å². The highest BCUT2D eigenvalue weighted by molar-refractivity contribution is 7.89. The van der Waals surface area contributed by atoms with E-state index in [0.29, 0.717) is 18.3 Å². The van der Waals surface area contributed by atoms with E-state index in [-0.39, 0.29) is 18.2 Å². The van der Waals surface area contributed by atoms with Crippen molar-refractivity contribution in [3.05, 3.63) is 17.9 Å². The zero-order valence-corrected chi connectivity index (χ0v) is 10.2. The minimum atomic E-state index is -3.63. The van der Waals surface area contributed by atoms with Crippen LogP contribution < -0.4 is 10.0 Å². The Morgan fingerprint density at radius 1 is 1.41 bits per heavy atom. The second-order valence-corrected chi connectivity index (χ2v) is 5.70. The topological polar surface area (TPSA) is 91.6 Å². The lowest BCUT2D eigenvalue weighted by atomic mass is 10.4. The van der Waals surface area contributed by atoms with Gasteiger partial charge in [0.05, 0.1) is 13.2 Å². The molecule has 0 saturated heterocycles. The molecular weight excluding hydrogens is 244 g/mol. The lowest BCUT2D eigenvalue weighted by molar-refractivity contribution is 0.300. The van der Waals surface area contributed by atoms with E-state index in [2.05, 4.69) is 10.0 Å². The third-order valence-electron chi connectivity index (χ3n) is 2.45. The second kappa shape index (κ2) is 5.18. The summed E-state index contributed by atoms with van der Waals surface area (Å²) in [6.07, 6.45) is 2.34. The number of rotatable bonds is 7. The number of aliphatic hydroxyl groups excluding tert-OH is 1. The summed E-state index contributed by atoms with van der Waals surface area (Å²) >= 11 is 0. The quantitative estimate of drug-likeness (QED) is 0.631. The largest absolute Gasteiger partial charge is 0.447 e. The molecule has 1 aliphatic carbocycles. The van der Waals surface area contributed by atoms with Crippen LogP contribution in [0.25, 0.3) is 0 Å². The Morgan fingerprint density at radius 2 is 2.18 bits per heavy atom. The van der Waals surface area contributed by atoms with Crippen LogP contribution >= 0.6 is 0 Å². The van der Waals surface area contributed by atoms with Gasteiger partial charge in [-0.15, -0.1) is 0 Å². The molecule has 0 radical (unpaired) electrons. The molecule has 7 heteroatoms. The highest BCUT2D eigenvalue weighted by Gasteiger charge is 2.22. The first kappa shape index (κ1) is 12.6. The Hall–Kier alpha value is -0.890. The van der Waals surface area contributed by atoms with Crippen LogP contribution in [-0.4, -0.2) is 32.7 Å². The van der Waals surface area contributed by atoms with E-state index in [4.69, 9.17) is 9.52 Å². The fraction of sp³-hybridized carbons (Fsp3) is 0.600. The molecule has 2 rings (SSSR count). The van der Waals surface area contributed by atoms with Crippen molar-refractivity contribution in [3.63, 3.8) is 0 Å². The average molecular weight is 260 g/mol. The number of hydrogen-bond acceptors (Lipinski definition) is 5. The first-order valence-electron chi connectivity index (χ1n) is 5.54. The molecule has 0 spiro atoms. The third-order valence-corrected chi connectivity index (χ3v) is 3.78. The zero-order chi connectivity index (χ0) is 12.3. The van der Waals surface area contributed by atoms with Crippen molar-refractivity contribution in [2.45, 2.75) is 30.5 Å². The summed E-state index contributed by atoms with van der Waals surface area (Å²) in [5.74, 6) is 0.598. The van der Waals surface area contributed by atoms with Crippen LogP contribution in [0.2, 0.25) is 0 Å². The minimum absolute atomic E-state index is 0.0152. The van der Waals surface area contributed by atoms with Gasteiger partial charge in [0.15, 0.2) is 0 Å². The molecule has 1 aromatic heterocycles. The standard InChI is InChI=1S/C10H16N2O4S/c13-6-5-12-17(14,15)10-4-3-9(16-10)7-11-8-1-2-8/h3-4,8,11-13H,1-2,5-7H2. The van der Waals surface area contributed by atoms with Crippen LogP contribution in [-0.2, 0) is 16.6 Å². The lowest BCUT2D eigenvalue weighted by Gasteiger charge is -2.02. The summed E-state index contributed by atoms with van der Waals surface area (Å²) in [6.45, 7) is 0.287. The van der Waals surface area contributed by atoms with Gasteiger partial charge in [-0.2, -0.15) is 0 Å². The molecule has 0 bridgehead atoms. The number of aliphatic hydroxyl groups is 1. The smallest absolute Gasteiger partial charge is 0.274 e. The monoisotopic (exact) mass is 260 g/mol. The Bertz CT molecular complexity index is 464. The molecule has 0 unspecified atom stereocenters. The Morgan fingerprint density at radius 3 is 2.82 bits per heavy atom. The molecular formula is C10H16N2O4S. The Kier molecular flexibility index (Phi) is 3.82. The van der Waals surface area contributed by atoms with Gasteiger partial charge in [0.2, 0.25) is 5.09 Å². The van der Waals surface area contributed by atoms with Crippen molar-refractivity contribution < 1.29 is 17.9 Å². The fourth-order valence-corrected chi connectivity index (χ4v) is 2.35. The van der Waals surface area contributed by atoms with Crippen LogP contribution in [0.4, 0.5) is 0 Å². The van der Waals surface area contributed by atoms with Gasteiger partial charge in [0, 0.05) is 12.6 Å². The Labute approximate surface area is 100 Å². The predicted octanol–water partition coefficient (Wildman–Crippen LogP) is -0.198. The van der Waals surface area contributed by atoms with Crippen LogP contribution in [0, 0.1) is 0 Å². The van der Waals surface area contributed by atoms with Crippen LogP contribution in [0.1, 0.15) is 18.6 Å². The number of nitrogens with one attached hydrogen (secondary N) is 2. The van der Waals surface area contributed by atoms with E-state index in [9.17, 15) is 8.42 Å². The Balaban J connectivity index is 1.95. The highest BCUT2D eigenvalue weighted by atomic mass is 32.2. The fourth-order valence-electron chi connectivity index (χ4n) is 1.38. The molecule has 0 aliphatic heterocycles. The summed E-state index contributed by atoms with van der Waals surface area (Å²) in [5.41, 5.74) is 0. The van der Waals surface area contributed by atoms with Gasteiger partial charge in [-0.05, 0) is 25.0 Å². The van der Waals surface area contributed by atoms with E-state index in [0.717, 1.165) is 0 Å². The molecule has 1 saturated carbocycles. The van der Waals surface area contributed by atoms with Crippen molar-refractivity contribution in [2.75, 3.05) is 13.2 Å². The molecule has 1 aromatic rings. The molecule has 6 nitrogen and oxygen atoms in total. The summed E-state index contributed by atoms with van der Waals surface area (Å²) in [7, 11) is -3.63. The van der Waals surface area contributed by atoms with Gasteiger partial charge in [-0.3, -0.25) is 0 Å². The SMILES string of the molecule is O=S(=O)(NCCO)c1ccc(CNC2CC2)o1. The maximum absolute atomic E-state index is 11.6. The van der Waals surface area contributed by atoms with Gasteiger partial charge in [-0.25, -0.2) is 13.1 Å². The van der Waals surface area contributed by atoms with Crippen LogP contribution in [0.3, 0.4) is 0 Å². The zero-order valence-electron chi connectivity index (χ0n) is 9.35. The van der Waals surface area contributed by atoms with E-state index in [1.165, 1.54) is 18.9 Å². The summed E-state index contributed by atoms with van der Waals surface area (Å²) in [4.78, 5) is 0. The van der Waals surface area contributed by atoms with Gasteiger partial charge in [0.25, 0.3) is 10.0 Å². The van der Waals surface area contributed by atoms with Gasteiger partial charge < -0.3 is 14.8 Å². The van der Waals surface area contributed by atoms with Crippen molar-refractivity contribution in [1.82, 2.24) is 10.0 Å². The van der Waals surface area contributed by atoms with Crippen LogP contribution in [0.5, 0.6) is 0 Å². The minimum Gasteiger partial charge on any atom is -0.447 e. The van der Waals surface area contributed by atoms with Gasteiger partial charge >= 0.3 is 0 Å². The van der Waals surface area contributed by atoms with E-state index in [1.807, 2.05) is 0 Å². The maximum Gasteiger partial charge on any atom is 0.274 e. The van der Waals surface area contributed by atoms with Crippen molar-refractivity contribution >= 4 is 10.0 Å². The van der Waals surface area contributed by atoms with E-state index >= 15 is 0 Å². The first-order valence-corrected chi connectivity index (χ1v) is 7.03. The number of furan rings is 1. The molecule has 1 heterocycles. The van der Waals surface area contributed by atoms with E-state index < -0.39 is 10.0 Å². The summed E-state index contributed by atoms with van der Waals surface area (Å²) in [5, 5.41) is 11.7. The number of sulfonamides is 1. The van der Waals surface area contributed by atoms with Gasteiger partial charge in [-0.1, -0.05) is 0 Å². The number of hydrogen-bond donors (Lipinski definition) is 3. The van der Waals surface area contributed by atoms with Crippen molar-refractivity contribution in [1.29, 1.82) is 0 Å². The summed E-state index contributed by atoms with van der Waals surface area (Å²) < 4.78 is 30.7. The van der Waals surface area contributed by atoms with Gasteiger partial charge in [0.1, 0.15) is 5.76 Å². The highest BCUT2D eigenvalue weighted by Crippen LogP contribution is 2.20. The summed E-state index contributed by atoms with van der Waals surface area (Å²) in [6, 6.07) is 3.61. The molecule has 1 fully saturated rings. The molecule has 17 heavy (non-hydrogen) atoms. The lowest BCUT2D eigenvalue weighted by Crippen LogP contribution is -2.26. The molecule has 0 amide bonds.